The molecule has 3 aromatic heterocycles. The van der Waals surface area contributed by atoms with Crippen LogP contribution in [-0.4, -0.2) is 105 Å². The Labute approximate surface area is 323 Å². The van der Waals surface area contributed by atoms with Crippen LogP contribution < -0.4 is 4.74 Å². The molecular formula is C37H51N5O10S2. The van der Waals surface area contributed by atoms with Crippen molar-refractivity contribution in [2.75, 3.05) is 27.3 Å². The van der Waals surface area contributed by atoms with E-state index >= 15 is 0 Å². The number of rotatable bonds is 10. The minimum absolute atomic E-state index is 0.200. The van der Waals surface area contributed by atoms with Crippen LogP contribution in [-0.2, 0) is 41.4 Å². The van der Waals surface area contributed by atoms with Gasteiger partial charge in [0.25, 0.3) is 0 Å². The van der Waals surface area contributed by atoms with Gasteiger partial charge in [0.15, 0.2) is 0 Å². The van der Waals surface area contributed by atoms with Gasteiger partial charge >= 0.3 is 24.1 Å². The molecule has 1 N–H and O–H groups in total. The summed E-state index contributed by atoms with van der Waals surface area (Å²) in [6.45, 7) is 11.6. The van der Waals surface area contributed by atoms with Crippen LogP contribution in [0, 0.1) is 0 Å². The zero-order valence-electron chi connectivity index (χ0n) is 32.1. The number of ether oxygens (including phenoxy) is 5. The molecule has 296 valence electrons. The molecule has 2 amide bonds. The quantitative estimate of drug-likeness (QED) is 0.185. The Morgan fingerprint density at radius 3 is 1.74 bits per heavy atom. The van der Waals surface area contributed by atoms with Crippen molar-refractivity contribution in [3.8, 4) is 5.75 Å². The highest BCUT2D eigenvalue weighted by atomic mass is 32.1. The molecule has 0 aromatic carbocycles. The highest BCUT2D eigenvalue weighted by Gasteiger charge is 2.42. The van der Waals surface area contributed by atoms with E-state index in [0.717, 1.165) is 19.8 Å². The number of esters is 2. The molecule has 4 atom stereocenters. The van der Waals surface area contributed by atoms with Crippen LogP contribution in [0.1, 0.15) is 99.1 Å². The number of hydrogen-bond donors (Lipinski definition) is 1. The maximum Gasteiger partial charge on any atom is 0.411 e. The summed E-state index contributed by atoms with van der Waals surface area (Å²) in [6, 6.07) is 3.10. The average Bonchev–Trinajstić information content (AvgIpc) is 3.92. The number of aromatic nitrogens is 3. The van der Waals surface area contributed by atoms with Gasteiger partial charge in [-0.25, -0.2) is 19.6 Å². The van der Waals surface area contributed by atoms with Crippen molar-refractivity contribution in [2.45, 2.75) is 116 Å². The Morgan fingerprint density at radius 1 is 0.778 bits per heavy atom. The molecule has 54 heavy (non-hydrogen) atoms. The molecule has 3 aromatic rings. The molecule has 5 rings (SSSR count). The summed E-state index contributed by atoms with van der Waals surface area (Å²) in [5.74, 6) is 0.132. The highest BCUT2D eigenvalue weighted by molar-refractivity contribution is 7.12. The van der Waals surface area contributed by atoms with Crippen molar-refractivity contribution >= 4 is 46.8 Å². The summed E-state index contributed by atoms with van der Waals surface area (Å²) in [6.07, 6.45) is 7.89. The number of methoxy groups -OCH3 is 2. The molecule has 2 aliphatic heterocycles. The molecule has 2 saturated heterocycles. The number of aliphatic hydroxyl groups is 1. The molecule has 0 unspecified atom stereocenters. The van der Waals surface area contributed by atoms with Gasteiger partial charge < -0.3 is 28.8 Å². The minimum atomic E-state index is -0.599. The van der Waals surface area contributed by atoms with Crippen molar-refractivity contribution in [2.24, 2.45) is 0 Å². The monoisotopic (exact) mass is 789 g/mol. The zero-order valence-corrected chi connectivity index (χ0v) is 33.7. The second-order valence-corrected chi connectivity index (χ2v) is 17.1. The van der Waals surface area contributed by atoms with Crippen LogP contribution in [0.5, 0.6) is 5.75 Å². The number of thiazole rings is 2. The molecule has 5 heterocycles. The lowest BCUT2D eigenvalue weighted by atomic mass is 10.2. The van der Waals surface area contributed by atoms with Gasteiger partial charge in [-0.3, -0.25) is 24.4 Å². The highest BCUT2D eigenvalue weighted by Crippen LogP contribution is 2.38. The fourth-order valence-electron chi connectivity index (χ4n) is 5.66. The van der Waals surface area contributed by atoms with Gasteiger partial charge in [0.2, 0.25) is 0 Å². The smallest absolute Gasteiger partial charge is 0.411 e. The first kappa shape index (κ1) is 42.4. The first-order valence-corrected chi connectivity index (χ1v) is 19.3. The number of carbonyl (C=O) groups excluding carboxylic acids is 4. The van der Waals surface area contributed by atoms with Crippen LogP contribution in [0.25, 0.3) is 0 Å². The minimum Gasteiger partial charge on any atom is -0.487 e. The van der Waals surface area contributed by atoms with Gasteiger partial charge in [-0.15, -0.1) is 22.7 Å². The van der Waals surface area contributed by atoms with Crippen molar-refractivity contribution in [3.63, 3.8) is 0 Å². The molecule has 0 spiro atoms. The van der Waals surface area contributed by atoms with Crippen molar-refractivity contribution in [3.05, 3.63) is 56.7 Å². The molecule has 0 aliphatic carbocycles. The van der Waals surface area contributed by atoms with Gasteiger partial charge in [-0.2, -0.15) is 0 Å². The van der Waals surface area contributed by atoms with Crippen molar-refractivity contribution < 1.29 is 48.0 Å². The largest absolute Gasteiger partial charge is 0.487 e. The Balaban J connectivity index is 0.000000247. The molecule has 2 aliphatic rings. The van der Waals surface area contributed by atoms with Crippen LogP contribution in [0.2, 0.25) is 0 Å². The number of hydrogen-bond acceptors (Lipinski definition) is 15. The molecular weight excluding hydrogens is 739 g/mol. The molecule has 0 saturated carbocycles. The Bertz CT molecular complexity index is 1700. The SMILES string of the molecule is COC(=O)CCc1cnc([C@@H]2C[C@@H](O)CN2C(=O)OC(C)(C)C)s1.COC(=O)CCc1cnc([C@@H]2C[C@H](Oc3cccnc3)CN2C(=O)OC(C)(C)C)s1. The topological polar surface area (TPSA) is 180 Å². The molecule has 17 heteroatoms. The second-order valence-electron chi connectivity index (χ2n) is 14.8. The van der Waals surface area contributed by atoms with Gasteiger partial charge in [0.05, 0.1) is 64.5 Å². The van der Waals surface area contributed by atoms with Gasteiger partial charge in [-0.05, 0) is 66.5 Å². The van der Waals surface area contributed by atoms with Crippen molar-refractivity contribution in [1.82, 2.24) is 24.8 Å². The summed E-state index contributed by atoms with van der Waals surface area (Å²) >= 11 is 2.94. The third-order valence-electron chi connectivity index (χ3n) is 8.05. The molecule has 0 radical (unpaired) electrons. The Morgan fingerprint density at radius 2 is 1.28 bits per heavy atom. The summed E-state index contributed by atoms with van der Waals surface area (Å²) in [4.78, 5) is 65.9. The first-order valence-electron chi connectivity index (χ1n) is 17.7. The lowest BCUT2D eigenvalue weighted by Crippen LogP contribution is -2.37. The second kappa shape index (κ2) is 18.8. The van der Waals surface area contributed by atoms with E-state index in [0.29, 0.717) is 50.8 Å². The standard InChI is InChI=1S/C21H27N3O5S.C16H24N2O5S/c1-21(2,3)29-20(26)24-13-15(28-14-6-5-9-22-11-14)10-17(24)19-23-12-16(30-19)7-8-18(25)27-4;1-16(2,3)23-15(21)18-9-10(19)7-12(18)14-17-8-11(24-14)5-6-13(20)22-4/h5-6,9,11-12,15,17H,7-8,10,13H2,1-4H3;8,10,12,19H,5-7,9H2,1-4H3/t15-,17-;10-,12+/m01/s1. The van der Waals surface area contributed by atoms with E-state index in [1.54, 1.807) is 50.5 Å². The molecule has 0 bridgehead atoms. The molecule has 15 nitrogen and oxygen atoms in total. The van der Waals surface area contributed by atoms with Crippen LogP contribution >= 0.6 is 22.7 Å². The van der Waals surface area contributed by atoms with E-state index in [1.165, 1.54) is 41.8 Å². The lowest BCUT2D eigenvalue weighted by Gasteiger charge is -2.27. The van der Waals surface area contributed by atoms with E-state index < -0.39 is 29.5 Å². The number of amides is 2. The third-order valence-corrected chi connectivity index (χ3v) is 10.4. The number of carbonyl (C=O) groups is 4. The van der Waals surface area contributed by atoms with Crippen LogP contribution in [0.4, 0.5) is 9.59 Å². The zero-order chi connectivity index (χ0) is 39.6. The number of nitrogens with zero attached hydrogens (tertiary/aromatic N) is 5. The average molecular weight is 790 g/mol. The normalized spacial score (nSPS) is 19.8. The van der Waals surface area contributed by atoms with E-state index in [1.807, 2.05) is 32.9 Å². The number of likely N-dealkylation sites (tertiary alicyclic amines) is 2. The van der Waals surface area contributed by atoms with E-state index in [4.69, 9.17) is 18.9 Å². The van der Waals surface area contributed by atoms with Crippen LogP contribution in [0.3, 0.4) is 0 Å². The summed E-state index contributed by atoms with van der Waals surface area (Å²) in [5.41, 5.74) is -1.19. The maximum atomic E-state index is 12.9. The van der Waals surface area contributed by atoms with Crippen molar-refractivity contribution in [1.29, 1.82) is 0 Å². The summed E-state index contributed by atoms with van der Waals surface area (Å²) < 4.78 is 26.4. The van der Waals surface area contributed by atoms with Gasteiger partial charge in [-0.1, -0.05) is 0 Å². The number of aryl methyl sites for hydroxylation is 2. The first-order chi connectivity index (χ1) is 25.4. The van der Waals surface area contributed by atoms with E-state index in [-0.39, 0.29) is 36.7 Å². The number of β-amino-alcohol motifs (C(OH)–C–C–N with tert-alkyl or cyclic N) is 1. The van der Waals surface area contributed by atoms with Crippen LogP contribution in [0.15, 0.2) is 36.9 Å². The number of aliphatic hydroxyl groups excluding tert-OH is 1. The van der Waals surface area contributed by atoms with E-state index in [9.17, 15) is 24.3 Å². The van der Waals surface area contributed by atoms with Gasteiger partial charge in [0, 0.05) is 41.2 Å². The fraction of sp³-hybridized carbons (Fsp3) is 0.595. The Kier molecular flexibility index (Phi) is 14.8. The third kappa shape index (κ3) is 12.9. The lowest BCUT2D eigenvalue weighted by molar-refractivity contribution is -0.141. The predicted octanol–water partition coefficient (Wildman–Crippen LogP) is 6.06. The fourth-order valence-corrected chi connectivity index (χ4v) is 7.74. The maximum absolute atomic E-state index is 12.9. The summed E-state index contributed by atoms with van der Waals surface area (Å²) in [5, 5.41) is 11.5. The van der Waals surface area contributed by atoms with E-state index in [2.05, 4.69) is 19.7 Å². The van der Waals surface area contributed by atoms with Gasteiger partial charge in [0.1, 0.15) is 33.1 Å². The summed E-state index contributed by atoms with van der Waals surface area (Å²) in [7, 11) is 2.74. The predicted molar refractivity (Wildman–Crippen MR) is 200 cm³/mol. The molecule has 2 fully saturated rings. The Hall–Kier alpha value is -4.35. The number of pyridine rings is 1.